The highest BCUT2D eigenvalue weighted by Crippen LogP contribution is 2.28. The van der Waals surface area contributed by atoms with Gasteiger partial charge in [-0.3, -0.25) is 0 Å². The fourth-order valence-electron chi connectivity index (χ4n) is 2.00. The van der Waals surface area contributed by atoms with Gasteiger partial charge >= 0.3 is 5.97 Å². The fraction of sp³-hybridized carbons (Fsp3) is 0.714. The van der Waals surface area contributed by atoms with Gasteiger partial charge in [0.1, 0.15) is 10.6 Å². The fourth-order valence-corrected chi connectivity index (χ4v) is 2.79. The van der Waals surface area contributed by atoms with Crippen molar-refractivity contribution in [2.75, 3.05) is 11.9 Å². The number of carboxylic acids is 1. The summed E-state index contributed by atoms with van der Waals surface area (Å²) >= 11 is 1.23. The molecular weight excluding hydrogens is 260 g/mol. The molecule has 0 amide bonds. The maximum Gasteiger partial charge on any atom is 0.340 e. The minimum absolute atomic E-state index is 0.169. The molecular formula is C14H24N2O2S. The molecule has 2 N–H and O–H groups in total. The van der Waals surface area contributed by atoms with Crippen LogP contribution in [-0.2, 0) is 0 Å². The number of hydrogen-bond acceptors (Lipinski definition) is 4. The van der Waals surface area contributed by atoms with E-state index in [1.807, 2.05) is 0 Å². The summed E-state index contributed by atoms with van der Waals surface area (Å²) in [6, 6.07) is 0. The average Bonchev–Trinajstić information content (AvgIpc) is 2.68. The molecule has 0 aliphatic heterocycles. The van der Waals surface area contributed by atoms with Gasteiger partial charge < -0.3 is 10.4 Å². The molecule has 1 rings (SSSR count). The van der Waals surface area contributed by atoms with Crippen molar-refractivity contribution in [1.29, 1.82) is 0 Å². The number of unbranched alkanes of at least 4 members (excludes halogenated alkanes) is 2. The van der Waals surface area contributed by atoms with E-state index in [1.165, 1.54) is 30.8 Å². The van der Waals surface area contributed by atoms with E-state index in [2.05, 4.69) is 30.5 Å². The largest absolute Gasteiger partial charge is 0.478 e. The Bertz CT molecular complexity index is 427. The maximum atomic E-state index is 11.2. The number of anilines is 1. The second kappa shape index (κ2) is 6.89. The molecule has 0 radical (unpaired) electrons. The van der Waals surface area contributed by atoms with Crippen LogP contribution in [0.2, 0.25) is 0 Å². The number of aromatic carboxylic acids is 1. The van der Waals surface area contributed by atoms with Gasteiger partial charge in [0, 0.05) is 6.54 Å². The minimum atomic E-state index is -0.905. The minimum Gasteiger partial charge on any atom is -0.478 e. The van der Waals surface area contributed by atoms with Crippen LogP contribution >= 0.6 is 11.5 Å². The van der Waals surface area contributed by atoms with Crippen LogP contribution in [-0.4, -0.2) is 22.0 Å². The number of carbonyl (C=O) groups is 1. The summed E-state index contributed by atoms with van der Waals surface area (Å²) in [5, 5.41) is 13.1. The van der Waals surface area contributed by atoms with Crippen LogP contribution in [0.15, 0.2) is 0 Å². The summed E-state index contributed by atoms with van der Waals surface area (Å²) in [6.07, 6.45) is 4.84. The molecule has 1 aromatic heterocycles. The first-order valence-corrected chi connectivity index (χ1v) is 7.58. The van der Waals surface area contributed by atoms with Gasteiger partial charge in [-0.15, -0.1) is 0 Å². The van der Waals surface area contributed by atoms with Crippen LogP contribution in [0, 0.1) is 12.3 Å². The van der Waals surface area contributed by atoms with Gasteiger partial charge in [-0.05, 0) is 30.3 Å². The Kier molecular flexibility index (Phi) is 5.79. The first kappa shape index (κ1) is 16.0. The van der Waals surface area contributed by atoms with Gasteiger partial charge in [0.05, 0.1) is 5.69 Å². The van der Waals surface area contributed by atoms with Crippen molar-refractivity contribution in [3.05, 3.63) is 11.3 Å². The van der Waals surface area contributed by atoms with Gasteiger partial charge in [0.15, 0.2) is 0 Å². The highest BCUT2D eigenvalue weighted by Gasteiger charge is 2.21. The predicted octanol–water partition coefficient (Wildman–Crippen LogP) is 4.17. The quantitative estimate of drug-likeness (QED) is 0.703. The number of nitrogens with one attached hydrogen (secondary N) is 1. The molecule has 1 aromatic rings. The van der Waals surface area contributed by atoms with E-state index in [0.717, 1.165) is 13.0 Å². The third-order valence-electron chi connectivity index (χ3n) is 3.26. The van der Waals surface area contributed by atoms with Crippen molar-refractivity contribution in [3.8, 4) is 0 Å². The molecule has 1 heterocycles. The number of aryl methyl sites for hydroxylation is 1. The van der Waals surface area contributed by atoms with Crippen LogP contribution < -0.4 is 5.32 Å². The summed E-state index contributed by atoms with van der Waals surface area (Å²) in [5.41, 5.74) is 1.07. The maximum absolute atomic E-state index is 11.2. The number of rotatable bonds is 8. The second-order valence-electron chi connectivity index (χ2n) is 5.75. The van der Waals surface area contributed by atoms with Crippen molar-refractivity contribution >= 4 is 22.5 Å². The van der Waals surface area contributed by atoms with E-state index in [0.29, 0.717) is 16.3 Å². The number of hydrogen-bond donors (Lipinski definition) is 2. The molecule has 0 saturated carbocycles. The summed E-state index contributed by atoms with van der Waals surface area (Å²) in [7, 11) is 0. The summed E-state index contributed by atoms with van der Waals surface area (Å²) < 4.78 is 4.11. The van der Waals surface area contributed by atoms with Crippen LogP contribution in [0.3, 0.4) is 0 Å². The molecule has 0 aliphatic rings. The highest BCUT2D eigenvalue weighted by molar-refractivity contribution is 7.10. The van der Waals surface area contributed by atoms with Crippen LogP contribution in [0.4, 0.5) is 5.00 Å². The molecule has 0 unspecified atom stereocenters. The van der Waals surface area contributed by atoms with E-state index >= 15 is 0 Å². The molecule has 5 heteroatoms. The van der Waals surface area contributed by atoms with Crippen molar-refractivity contribution in [2.45, 2.75) is 53.4 Å². The van der Waals surface area contributed by atoms with Gasteiger partial charge in [-0.1, -0.05) is 40.0 Å². The summed E-state index contributed by atoms with van der Waals surface area (Å²) in [5.74, 6) is -0.905. The Hall–Kier alpha value is -1.10. The smallest absolute Gasteiger partial charge is 0.340 e. The first-order chi connectivity index (χ1) is 8.87. The topological polar surface area (TPSA) is 62.2 Å². The lowest BCUT2D eigenvalue weighted by Crippen LogP contribution is -2.23. The molecule has 0 spiro atoms. The molecule has 0 fully saturated rings. The number of aromatic nitrogens is 1. The van der Waals surface area contributed by atoms with E-state index in [-0.39, 0.29) is 5.41 Å². The standard InChI is InChI=1S/C14H24N2O2S/c1-5-6-7-8-14(3,4)9-15-12-11(13(17)18)10(2)16-19-12/h15H,5-9H2,1-4H3,(H,17,18). The zero-order valence-corrected chi connectivity index (χ0v) is 13.1. The molecule has 4 nitrogen and oxygen atoms in total. The van der Waals surface area contributed by atoms with Crippen molar-refractivity contribution in [2.24, 2.45) is 5.41 Å². The lowest BCUT2D eigenvalue weighted by Gasteiger charge is -2.25. The summed E-state index contributed by atoms with van der Waals surface area (Å²) in [6.45, 7) is 9.13. The van der Waals surface area contributed by atoms with E-state index in [4.69, 9.17) is 5.11 Å². The van der Waals surface area contributed by atoms with Crippen LogP contribution in [0.1, 0.15) is 62.5 Å². The van der Waals surface area contributed by atoms with Gasteiger partial charge in [0.25, 0.3) is 0 Å². The van der Waals surface area contributed by atoms with Crippen molar-refractivity contribution < 1.29 is 9.90 Å². The van der Waals surface area contributed by atoms with Gasteiger partial charge in [-0.2, -0.15) is 4.37 Å². The van der Waals surface area contributed by atoms with E-state index in [9.17, 15) is 4.79 Å². The monoisotopic (exact) mass is 284 g/mol. The molecule has 108 valence electrons. The molecule has 0 saturated heterocycles. The van der Waals surface area contributed by atoms with Gasteiger partial charge in [-0.25, -0.2) is 4.79 Å². The van der Waals surface area contributed by atoms with E-state index < -0.39 is 5.97 Å². The third-order valence-corrected chi connectivity index (χ3v) is 4.16. The Labute approximate surface area is 119 Å². The Morgan fingerprint density at radius 3 is 2.68 bits per heavy atom. The number of nitrogens with zero attached hydrogens (tertiary/aromatic N) is 1. The molecule has 0 bridgehead atoms. The Morgan fingerprint density at radius 2 is 2.11 bits per heavy atom. The lowest BCUT2D eigenvalue weighted by atomic mass is 9.87. The van der Waals surface area contributed by atoms with Crippen LogP contribution in [0.25, 0.3) is 0 Å². The predicted molar refractivity (Wildman–Crippen MR) is 80.2 cm³/mol. The van der Waals surface area contributed by atoms with Crippen molar-refractivity contribution in [3.63, 3.8) is 0 Å². The Morgan fingerprint density at radius 1 is 1.42 bits per heavy atom. The lowest BCUT2D eigenvalue weighted by molar-refractivity contribution is 0.0697. The second-order valence-corrected chi connectivity index (χ2v) is 6.53. The molecule has 0 aromatic carbocycles. The molecule has 0 aliphatic carbocycles. The Balaban J connectivity index is 2.59. The highest BCUT2D eigenvalue weighted by atomic mass is 32.1. The van der Waals surface area contributed by atoms with Crippen LogP contribution in [0.5, 0.6) is 0 Å². The van der Waals surface area contributed by atoms with E-state index in [1.54, 1.807) is 6.92 Å². The third kappa shape index (κ3) is 4.82. The molecule has 0 atom stereocenters. The SMILES string of the molecule is CCCCCC(C)(C)CNc1snc(C)c1C(=O)O. The summed E-state index contributed by atoms with van der Waals surface area (Å²) in [4.78, 5) is 11.2. The molecule has 19 heavy (non-hydrogen) atoms. The normalized spacial score (nSPS) is 11.6. The zero-order chi connectivity index (χ0) is 14.5. The first-order valence-electron chi connectivity index (χ1n) is 6.81. The zero-order valence-electron chi connectivity index (χ0n) is 12.2. The number of carboxylic acid groups (broad SMARTS) is 1. The van der Waals surface area contributed by atoms with Crippen molar-refractivity contribution in [1.82, 2.24) is 4.37 Å². The van der Waals surface area contributed by atoms with Gasteiger partial charge in [0.2, 0.25) is 0 Å². The average molecular weight is 284 g/mol.